The lowest BCUT2D eigenvalue weighted by atomic mass is 10.1. The Hall–Kier alpha value is -3.48. The number of carbonyl (C=O) groups is 1. The number of rotatable bonds is 10. The first-order valence-electron chi connectivity index (χ1n) is 12.1. The van der Waals surface area contributed by atoms with Gasteiger partial charge in [-0.15, -0.1) is 0 Å². The Balaban J connectivity index is 1.75. The van der Waals surface area contributed by atoms with Crippen LogP contribution in [0.4, 0.5) is 0 Å². The molecule has 36 heavy (non-hydrogen) atoms. The van der Waals surface area contributed by atoms with Gasteiger partial charge in [0.25, 0.3) is 5.56 Å². The van der Waals surface area contributed by atoms with Crippen molar-refractivity contribution in [2.45, 2.75) is 32.2 Å². The number of amides is 1. The number of ether oxygens (including phenoxy) is 1. The number of methoxy groups -OCH3 is 1. The number of hydrogen-bond donors (Lipinski definition) is 0. The summed E-state index contributed by atoms with van der Waals surface area (Å²) in [7, 11) is 1.65. The molecule has 0 saturated carbocycles. The van der Waals surface area contributed by atoms with Crippen LogP contribution in [-0.2, 0) is 16.0 Å². The number of benzene rings is 3. The van der Waals surface area contributed by atoms with Gasteiger partial charge in [-0.25, -0.2) is 4.98 Å². The van der Waals surface area contributed by atoms with Crippen molar-refractivity contribution in [2.24, 2.45) is 0 Å². The molecule has 1 unspecified atom stereocenters. The molecule has 6 nitrogen and oxygen atoms in total. The maximum Gasteiger partial charge on any atom is 0.266 e. The molecule has 0 N–H and O–H groups in total. The van der Waals surface area contributed by atoms with Crippen molar-refractivity contribution in [3.05, 3.63) is 106 Å². The van der Waals surface area contributed by atoms with Gasteiger partial charge in [0.15, 0.2) is 0 Å². The Morgan fingerprint density at radius 3 is 2.44 bits per heavy atom. The normalized spacial score (nSPS) is 12.0. The van der Waals surface area contributed by atoms with Crippen LogP contribution in [0.15, 0.2) is 83.7 Å². The average Bonchev–Trinajstić information content (AvgIpc) is 2.91. The topological polar surface area (TPSA) is 64.4 Å². The first-order chi connectivity index (χ1) is 17.5. The molecule has 0 aliphatic carbocycles. The standard InChI is InChI=1S/C29H30ClN3O3/c1-21(32(19-8-20-36-2)27(34)18-13-22-9-4-3-5-10-22)28-31-26-12-7-6-11-25(26)29(35)33(28)24-16-14-23(30)15-17-24/h3-7,9-12,14-17,21H,8,13,18-20H2,1-2H3. The lowest BCUT2D eigenvalue weighted by molar-refractivity contribution is -0.133. The van der Waals surface area contributed by atoms with E-state index in [4.69, 9.17) is 21.3 Å². The first-order valence-corrected chi connectivity index (χ1v) is 12.5. The van der Waals surface area contributed by atoms with Crippen LogP contribution in [0.1, 0.15) is 37.2 Å². The quantitative estimate of drug-likeness (QED) is 0.264. The lowest BCUT2D eigenvalue weighted by Gasteiger charge is -2.31. The zero-order valence-electron chi connectivity index (χ0n) is 20.6. The molecule has 1 atom stereocenters. The molecule has 3 aromatic carbocycles. The molecule has 0 radical (unpaired) electrons. The Kier molecular flexibility index (Phi) is 8.52. The zero-order chi connectivity index (χ0) is 25.5. The maximum atomic E-state index is 13.7. The molecular weight excluding hydrogens is 474 g/mol. The number of aryl methyl sites for hydroxylation is 1. The molecule has 0 fully saturated rings. The number of hydrogen-bond acceptors (Lipinski definition) is 4. The van der Waals surface area contributed by atoms with E-state index >= 15 is 0 Å². The van der Waals surface area contributed by atoms with Crippen molar-refractivity contribution in [3.8, 4) is 5.69 Å². The highest BCUT2D eigenvalue weighted by atomic mass is 35.5. The van der Waals surface area contributed by atoms with Crippen LogP contribution in [0.25, 0.3) is 16.6 Å². The molecule has 0 aliphatic rings. The summed E-state index contributed by atoms with van der Waals surface area (Å²) in [4.78, 5) is 33.9. The van der Waals surface area contributed by atoms with Gasteiger partial charge in [-0.1, -0.05) is 54.1 Å². The maximum absolute atomic E-state index is 13.7. The lowest BCUT2D eigenvalue weighted by Crippen LogP contribution is -2.38. The number of fused-ring (bicyclic) bond motifs is 1. The monoisotopic (exact) mass is 503 g/mol. The minimum Gasteiger partial charge on any atom is -0.385 e. The van der Waals surface area contributed by atoms with E-state index < -0.39 is 6.04 Å². The van der Waals surface area contributed by atoms with E-state index in [1.807, 2.05) is 60.4 Å². The summed E-state index contributed by atoms with van der Waals surface area (Å²) in [5, 5.41) is 1.09. The molecule has 0 spiro atoms. The minimum absolute atomic E-state index is 0.00696. The van der Waals surface area contributed by atoms with Crippen molar-refractivity contribution >= 4 is 28.4 Å². The van der Waals surface area contributed by atoms with Crippen LogP contribution < -0.4 is 5.56 Å². The van der Waals surface area contributed by atoms with Crippen LogP contribution in [0.2, 0.25) is 5.02 Å². The van der Waals surface area contributed by atoms with E-state index in [9.17, 15) is 9.59 Å². The van der Waals surface area contributed by atoms with E-state index in [-0.39, 0.29) is 11.5 Å². The summed E-state index contributed by atoms with van der Waals surface area (Å²) in [5.74, 6) is 0.513. The van der Waals surface area contributed by atoms with Gasteiger partial charge in [-0.05, 0) is 61.7 Å². The average molecular weight is 504 g/mol. The molecule has 0 aliphatic heterocycles. The van der Waals surface area contributed by atoms with Gasteiger partial charge in [0.2, 0.25) is 5.91 Å². The van der Waals surface area contributed by atoms with Gasteiger partial charge in [0, 0.05) is 31.7 Å². The molecule has 186 valence electrons. The molecule has 0 bridgehead atoms. The number of para-hydroxylation sites is 1. The van der Waals surface area contributed by atoms with Gasteiger partial charge >= 0.3 is 0 Å². The smallest absolute Gasteiger partial charge is 0.266 e. The van der Waals surface area contributed by atoms with E-state index in [1.54, 1.807) is 42.0 Å². The van der Waals surface area contributed by atoms with Crippen LogP contribution in [0.3, 0.4) is 0 Å². The third kappa shape index (κ3) is 5.83. The fourth-order valence-electron chi connectivity index (χ4n) is 4.36. The highest BCUT2D eigenvalue weighted by Crippen LogP contribution is 2.25. The van der Waals surface area contributed by atoms with Gasteiger partial charge < -0.3 is 9.64 Å². The van der Waals surface area contributed by atoms with Crippen LogP contribution in [-0.4, -0.2) is 40.6 Å². The highest BCUT2D eigenvalue weighted by molar-refractivity contribution is 6.30. The summed E-state index contributed by atoms with van der Waals surface area (Å²) >= 11 is 6.12. The van der Waals surface area contributed by atoms with E-state index in [0.29, 0.717) is 59.9 Å². The molecule has 4 aromatic rings. The Bertz CT molecular complexity index is 1370. The minimum atomic E-state index is -0.446. The molecule has 4 rings (SSSR count). The first kappa shape index (κ1) is 25.6. The molecular formula is C29H30ClN3O3. The van der Waals surface area contributed by atoms with E-state index in [0.717, 1.165) is 5.56 Å². The van der Waals surface area contributed by atoms with Gasteiger partial charge in [-0.2, -0.15) is 0 Å². The van der Waals surface area contributed by atoms with Crippen molar-refractivity contribution in [3.63, 3.8) is 0 Å². The van der Waals surface area contributed by atoms with Gasteiger partial charge in [0.1, 0.15) is 5.82 Å². The molecule has 1 aromatic heterocycles. The summed E-state index contributed by atoms with van der Waals surface area (Å²) < 4.78 is 6.84. The van der Waals surface area contributed by atoms with Crippen molar-refractivity contribution < 1.29 is 9.53 Å². The molecule has 7 heteroatoms. The van der Waals surface area contributed by atoms with E-state index in [1.165, 1.54) is 0 Å². The number of halogens is 1. The van der Waals surface area contributed by atoms with Crippen molar-refractivity contribution in [2.75, 3.05) is 20.3 Å². The number of aromatic nitrogens is 2. The van der Waals surface area contributed by atoms with E-state index in [2.05, 4.69) is 0 Å². The van der Waals surface area contributed by atoms with Crippen molar-refractivity contribution in [1.82, 2.24) is 14.5 Å². The number of carbonyl (C=O) groups excluding carboxylic acids is 1. The summed E-state index contributed by atoms with van der Waals surface area (Å²) in [6.45, 7) is 2.95. The molecule has 1 heterocycles. The van der Waals surface area contributed by atoms with Crippen LogP contribution in [0, 0.1) is 0 Å². The second-order valence-electron chi connectivity index (χ2n) is 8.70. The van der Waals surface area contributed by atoms with Gasteiger partial charge in [-0.3, -0.25) is 14.2 Å². The third-order valence-electron chi connectivity index (χ3n) is 6.27. The zero-order valence-corrected chi connectivity index (χ0v) is 21.3. The van der Waals surface area contributed by atoms with Gasteiger partial charge in [0.05, 0.1) is 22.6 Å². The van der Waals surface area contributed by atoms with Crippen molar-refractivity contribution in [1.29, 1.82) is 0 Å². The predicted molar refractivity (Wildman–Crippen MR) is 144 cm³/mol. The predicted octanol–water partition coefficient (Wildman–Crippen LogP) is 5.60. The SMILES string of the molecule is COCCCN(C(=O)CCc1ccccc1)C(C)c1nc2ccccc2c(=O)n1-c1ccc(Cl)cc1. The summed E-state index contributed by atoms with van der Waals surface area (Å²) in [5.41, 5.74) is 2.18. The summed E-state index contributed by atoms with van der Waals surface area (Å²) in [6.07, 6.45) is 1.68. The molecule has 1 amide bonds. The second-order valence-corrected chi connectivity index (χ2v) is 9.14. The fraction of sp³-hybridized carbons (Fsp3) is 0.276. The Labute approximate surface area is 216 Å². The largest absolute Gasteiger partial charge is 0.385 e. The fourth-order valence-corrected chi connectivity index (χ4v) is 4.49. The van der Waals surface area contributed by atoms with Crippen LogP contribution >= 0.6 is 11.6 Å². The summed E-state index contributed by atoms with van der Waals surface area (Å²) in [6, 6.07) is 23.9. The molecule has 0 saturated heterocycles. The number of nitrogens with zero attached hydrogens (tertiary/aromatic N) is 3. The highest BCUT2D eigenvalue weighted by Gasteiger charge is 2.26. The van der Waals surface area contributed by atoms with Crippen LogP contribution in [0.5, 0.6) is 0 Å². The third-order valence-corrected chi connectivity index (χ3v) is 6.52. The Morgan fingerprint density at radius 1 is 1.03 bits per heavy atom. The Morgan fingerprint density at radius 2 is 1.72 bits per heavy atom. The second kappa shape index (κ2) is 12.0.